The lowest BCUT2D eigenvalue weighted by atomic mass is 10.0. The lowest BCUT2D eigenvalue weighted by molar-refractivity contribution is 0.0934. The molecule has 3 rings (SSSR count). The number of pyridine rings is 1. The van der Waals surface area contributed by atoms with Gasteiger partial charge in [-0.2, -0.15) is 0 Å². The predicted molar refractivity (Wildman–Crippen MR) is 102 cm³/mol. The standard InChI is InChI=1S/C20H20N4O3/c1-12(22-20(26)17-11-18(25)24-13(2)23-17)14-4-6-15(7-5-14)16-8-9-21-19(10-16)27-3/h4-12H,1-3H3,(H,22,26)(H,23,24,25). The molecule has 7 nitrogen and oxygen atoms in total. The van der Waals surface area contributed by atoms with Gasteiger partial charge in [-0.05, 0) is 36.6 Å². The molecule has 0 bridgehead atoms. The molecule has 1 amide bonds. The first-order chi connectivity index (χ1) is 13.0. The average molecular weight is 364 g/mol. The molecule has 0 fully saturated rings. The van der Waals surface area contributed by atoms with Crippen molar-refractivity contribution < 1.29 is 9.53 Å². The van der Waals surface area contributed by atoms with E-state index in [1.807, 2.05) is 43.3 Å². The van der Waals surface area contributed by atoms with Gasteiger partial charge in [-0.15, -0.1) is 0 Å². The van der Waals surface area contributed by atoms with Crippen LogP contribution in [0.5, 0.6) is 5.88 Å². The number of aromatic nitrogens is 3. The number of carbonyl (C=O) groups is 1. The molecule has 138 valence electrons. The first-order valence-electron chi connectivity index (χ1n) is 8.45. The number of aryl methyl sites for hydroxylation is 1. The van der Waals surface area contributed by atoms with Crippen LogP contribution in [0.15, 0.2) is 53.5 Å². The lowest BCUT2D eigenvalue weighted by Gasteiger charge is -2.15. The van der Waals surface area contributed by atoms with Gasteiger partial charge in [0.25, 0.3) is 11.5 Å². The molecule has 0 saturated carbocycles. The maximum absolute atomic E-state index is 12.3. The number of ether oxygens (including phenoxy) is 1. The van der Waals surface area contributed by atoms with Gasteiger partial charge in [-0.3, -0.25) is 9.59 Å². The van der Waals surface area contributed by atoms with Crippen molar-refractivity contribution >= 4 is 5.91 Å². The highest BCUT2D eigenvalue weighted by molar-refractivity contribution is 5.92. The van der Waals surface area contributed by atoms with Gasteiger partial charge in [-0.25, -0.2) is 9.97 Å². The van der Waals surface area contributed by atoms with Crippen molar-refractivity contribution in [3.63, 3.8) is 0 Å². The number of amides is 1. The van der Waals surface area contributed by atoms with Gasteiger partial charge in [0.2, 0.25) is 5.88 Å². The first kappa shape index (κ1) is 18.3. The summed E-state index contributed by atoms with van der Waals surface area (Å²) in [5, 5.41) is 2.86. The SMILES string of the molecule is COc1cc(-c2ccc(C(C)NC(=O)c3cc(=O)[nH]c(C)n3)cc2)ccn1. The Morgan fingerprint density at radius 2 is 1.89 bits per heavy atom. The third-order valence-electron chi connectivity index (χ3n) is 4.13. The minimum atomic E-state index is -0.389. The molecule has 2 heterocycles. The molecule has 0 spiro atoms. The summed E-state index contributed by atoms with van der Waals surface area (Å²) in [6, 6.07) is 12.6. The van der Waals surface area contributed by atoms with Crippen molar-refractivity contribution in [2.24, 2.45) is 0 Å². The van der Waals surface area contributed by atoms with E-state index in [4.69, 9.17) is 4.74 Å². The molecule has 7 heteroatoms. The van der Waals surface area contributed by atoms with Crippen molar-refractivity contribution in [1.82, 2.24) is 20.3 Å². The molecule has 2 aromatic heterocycles. The van der Waals surface area contributed by atoms with E-state index >= 15 is 0 Å². The summed E-state index contributed by atoms with van der Waals surface area (Å²) in [6.07, 6.45) is 1.70. The number of H-pyrrole nitrogens is 1. The van der Waals surface area contributed by atoms with E-state index in [2.05, 4.69) is 20.3 Å². The van der Waals surface area contributed by atoms with Gasteiger partial charge in [0.15, 0.2) is 0 Å². The second-order valence-electron chi connectivity index (χ2n) is 6.12. The van der Waals surface area contributed by atoms with Crippen LogP contribution in [-0.2, 0) is 0 Å². The zero-order valence-electron chi connectivity index (χ0n) is 15.3. The Bertz CT molecular complexity index is 1010. The van der Waals surface area contributed by atoms with Crippen molar-refractivity contribution in [3.8, 4) is 17.0 Å². The second kappa shape index (κ2) is 7.82. The number of aromatic amines is 1. The van der Waals surface area contributed by atoms with Crippen molar-refractivity contribution in [2.75, 3.05) is 7.11 Å². The number of nitrogens with zero attached hydrogens (tertiary/aromatic N) is 2. The van der Waals surface area contributed by atoms with Gasteiger partial charge in [0, 0.05) is 18.3 Å². The number of rotatable bonds is 5. The Morgan fingerprint density at radius 3 is 2.56 bits per heavy atom. The molecule has 2 N–H and O–H groups in total. The number of benzene rings is 1. The van der Waals surface area contributed by atoms with Crippen molar-refractivity contribution in [1.29, 1.82) is 0 Å². The fourth-order valence-electron chi connectivity index (χ4n) is 2.71. The highest BCUT2D eigenvalue weighted by Crippen LogP contribution is 2.24. The maximum atomic E-state index is 12.3. The van der Waals surface area contributed by atoms with E-state index in [1.54, 1.807) is 20.2 Å². The van der Waals surface area contributed by atoms with Gasteiger partial charge < -0.3 is 15.0 Å². The van der Waals surface area contributed by atoms with Crippen molar-refractivity contribution in [3.05, 3.63) is 76.1 Å². The van der Waals surface area contributed by atoms with Gasteiger partial charge in [0.1, 0.15) is 11.5 Å². The van der Waals surface area contributed by atoms with Crippen LogP contribution < -0.4 is 15.6 Å². The van der Waals surface area contributed by atoms with Crippen molar-refractivity contribution in [2.45, 2.75) is 19.9 Å². The summed E-state index contributed by atoms with van der Waals surface area (Å²) in [6.45, 7) is 3.51. The Hall–Kier alpha value is -3.48. The van der Waals surface area contributed by atoms with E-state index in [9.17, 15) is 9.59 Å². The highest BCUT2D eigenvalue weighted by atomic mass is 16.5. The smallest absolute Gasteiger partial charge is 0.270 e. The summed E-state index contributed by atoms with van der Waals surface area (Å²) < 4.78 is 5.15. The van der Waals surface area contributed by atoms with Crippen LogP contribution in [0, 0.1) is 6.92 Å². The van der Waals surface area contributed by atoms with Crippen LogP contribution >= 0.6 is 0 Å². The molecule has 1 unspecified atom stereocenters. The molecule has 0 aliphatic carbocycles. The zero-order chi connectivity index (χ0) is 19.4. The topological polar surface area (TPSA) is 97.0 Å². The normalized spacial score (nSPS) is 11.7. The van der Waals surface area contributed by atoms with E-state index in [-0.39, 0.29) is 23.2 Å². The predicted octanol–water partition coefficient (Wildman–Crippen LogP) is 2.64. The molecule has 27 heavy (non-hydrogen) atoms. The van der Waals surface area contributed by atoms with E-state index in [1.165, 1.54) is 6.07 Å². The number of hydrogen-bond donors (Lipinski definition) is 2. The number of hydrogen-bond acceptors (Lipinski definition) is 5. The van der Waals surface area contributed by atoms with Crippen LogP contribution in [0.4, 0.5) is 0 Å². The minimum absolute atomic E-state index is 0.101. The average Bonchev–Trinajstić information content (AvgIpc) is 2.67. The first-order valence-corrected chi connectivity index (χ1v) is 8.45. The van der Waals surface area contributed by atoms with Gasteiger partial charge in [-0.1, -0.05) is 24.3 Å². The Kier molecular flexibility index (Phi) is 5.30. The Labute approximate surface area is 156 Å². The van der Waals surface area contributed by atoms with Crippen LogP contribution in [0.2, 0.25) is 0 Å². The minimum Gasteiger partial charge on any atom is -0.481 e. The molecule has 0 saturated heterocycles. The summed E-state index contributed by atoms with van der Waals surface area (Å²) in [4.78, 5) is 34.5. The summed E-state index contributed by atoms with van der Waals surface area (Å²) in [7, 11) is 1.58. The van der Waals surface area contributed by atoms with Crippen LogP contribution in [0.1, 0.15) is 34.8 Å². The Morgan fingerprint density at radius 1 is 1.15 bits per heavy atom. The molecule has 1 atom stereocenters. The van der Waals surface area contributed by atoms with E-state index < -0.39 is 0 Å². The van der Waals surface area contributed by atoms with Crippen LogP contribution in [0.3, 0.4) is 0 Å². The molecule has 0 aliphatic rings. The second-order valence-corrected chi connectivity index (χ2v) is 6.12. The number of nitrogens with one attached hydrogen (secondary N) is 2. The molecule has 0 aliphatic heterocycles. The van der Waals surface area contributed by atoms with E-state index in [0.717, 1.165) is 16.7 Å². The third kappa shape index (κ3) is 4.38. The fourth-order valence-corrected chi connectivity index (χ4v) is 2.71. The molecular weight excluding hydrogens is 344 g/mol. The zero-order valence-corrected chi connectivity index (χ0v) is 15.3. The maximum Gasteiger partial charge on any atom is 0.270 e. The van der Waals surface area contributed by atoms with Crippen LogP contribution in [0.25, 0.3) is 11.1 Å². The Balaban J connectivity index is 1.74. The monoisotopic (exact) mass is 364 g/mol. The lowest BCUT2D eigenvalue weighted by Crippen LogP contribution is -2.29. The quantitative estimate of drug-likeness (QED) is 0.725. The number of methoxy groups -OCH3 is 1. The summed E-state index contributed by atoms with van der Waals surface area (Å²) >= 11 is 0. The summed E-state index contributed by atoms with van der Waals surface area (Å²) in [5.41, 5.74) is 2.70. The molecule has 1 aromatic carbocycles. The van der Waals surface area contributed by atoms with Crippen LogP contribution in [-0.4, -0.2) is 28.0 Å². The van der Waals surface area contributed by atoms with Gasteiger partial charge >= 0.3 is 0 Å². The fraction of sp³-hybridized carbons (Fsp3) is 0.200. The molecule has 0 radical (unpaired) electrons. The third-order valence-corrected chi connectivity index (χ3v) is 4.13. The summed E-state index contributed by atoms with van der Waals surface area (Å²) in [5.74, 6) is 0.565. The number of carbonyl (C=O) groups excluding carboxylic acids is 1. The molecular formula is C20H20N4O3. The molecule has 3 aromatic rings. The largest absolute Gasteiger partial charge is 0.481 e. The van der Waals surface area contributed by atoms with E-state index in [0.29, 0.717) is 11.7 Å². The highest BCUT2D eigenvalue weighted by Gasteiger charge is 2.14. The van der Waals surface area contributed by atoms with Gasteiger partial charge in [0.05, 0.1) is 13.2 Å².